The minimum absolute atomic E-state index is 0.319. The molecular weight excluding hydrogens is 334 g/mol. The molecule has 0 aliphatic carbocycles. The number of hydrogen-bond donors (Lipinski definition) is 1. The van der Waals surface area contributed by atoms with Gasteiger partial charge in [0.2, 0.25) is 0 Å². The Bertz CT molecular complexity index is 952. The van der Waals surface area contributed by atoms with Crippen LogP contribution in [0.5, 0.6) is 0 Å². The predicted molar refractivity (Wildman–Crippen MR) is 101 cm³/mol. The number of carbonyl (C=O) groups excluding carboxylic acids is 1. The van der Waals surface area contributed by atoms with Crippen LogP contribution in [-0.2, 0) is 0 Å². The van der Waals surface area contributed by atoms with Gasteiger partial charge in [-0.2, -0.15) is 5.10 Å². The second-order valence-corrected chi connectivity index (χ2v) is 6.01. The van der Waals surface area contributed by atoms with E-state index in [0.29, 0.717) is 5.02 Å². The summed E-state index contributed by atoms with van der Waals surface area (Å²) in [7, 11) is 0. The van der Waals surface area contributed by atoms with E-state index in [0.717, 1.165) is 28.2 Å². The molecule has 0 saturated carbocycles. The summed E-state index contributed by atoms with van der Waals surface area (Å²) in [6, 6.07) is 24.3. The van der Waals surface area contributed by atoms with Crippen LogP contribution < -0.4 is 10.3 Å². The van der Waals surface area contributed by atoms with Gasteiger partial charge in [0, 0.05) is 16.1 Å². The molecular formula is C20H14ClN3O. The number of carbonyl (C=O) groups is 1. The van der Waals surface area contributed by atoms with E-state index in [1.54, 1.807) is 17.0 Å². The number of para-hydroxylation sites is 1. The Hall–Kier alpha value is -3.11. The van der Waals surface area contributed by atoms with Crippen molar-refractivity contribution in [1.29, 1.82) is 0 Å². The summed E-state index contributed by atoms with van der Waals surface area (Å²) in [5, 5.41) is 4.98. The van der Waals surface area contributed by atoms with E-state index in [4.69, 9.17) is 11.6 Å². The van der Waals surface area contributed by atoms with Crippen LogP contribution in [0.2, 0.25) is 5.02 Å². The van der Waals surface area contributed by atoms with Crippen LogP contribution in [0.1, 0.15) is 11.1 Å². The molecule has 3 aromatic carbocycles. The van der Waals surface area contributed by atoms with E-state index >= 15 is 0 Å². The molecule has 122 valence electrons. The highest BCUT2D eigenvalue weighted by Gasteiger charge is 2.26. The highest BCUT2D eigenvalue weighted by Crippen LogP contribution is 2.32. The molecule has 0 bridgehead atoms. The molecule has 4 nitrogen and oxygen atoms in total. The van der Waals surface area contributed by atoms with Crippen molar-refractivity contribution >= 4 is 34.7 Å². The Kier molecular flexibility index (Phi) is 3.96. The number of amides is 2. The Morgan fingerprint density at radius 1 is 0.840 bits per heavy atom. The SMILES string of the molecule is O=C1NN=C(c2ccccc2)c2ccccc2N1c1ccc(Cl)cc1. The smallest absolute Gasteiger partial charge is 0.261 e. The van der Waals surface area contributed by atoms with E-state index in [-0.39, 0.29) is 6.03 Å². The largest absolute Gasteiger partial charge is 0.346 e. The zero-order valence-electron chi connectivity index (χ0n) is 13.2. The van der Waals surface area contributed by atoms with E-state index in [9.17, 15) is 4.79 Å². The van der Waals surface area contributed by atoms with E-state index in [2.05, 4.69) is 10.5 Å². The summed E-state index contributed by atoms with van der Waals surface area (Å²) in [5.41, 5.74) is 6.67. The molecule has 1 heterocycles. The van der Waals surface area contributed by atoms with Gasteiger partial charge in [0.25, 0.3) is 0 Å². The lowest BCUT2D eigenvalue weighted by Crippen LogP contribution is -2.33. The molecule has 1 aliphatic rings. The number of halogens is 1. The number of nitrogens with zero attached hydrogens (tertiary/aromatic N) is 2. The molecule has 3 aromatic rings. The van der Waals surface area contributed by atoms with Gasteiger partial charge in [0.1, 0.15) is 5.71 Å². The van der Waals surface area contributed by atoms with Crippen molar-refractivity contribution in [3.8, 4) is 0 Å². The molecule has 0 spiro atoms. The third-order valence-corrected chi connectivity index (χ3v) is 4.25. The van der Waals surface area contributed by atoms with E-state index in [1.165, 1.54) is 0 Å². The molecule has 5 heteroatoms. The van der Waals surface area contributed by atoms with Crippen LogP contribution >= 0.6 is 11.6 Å². The summed E-state index contributed by atoms with van der Waals surface area (Å²) >= 11 is 5.98. The first-order valence-corrected chi connectivity index (χ1v) is 8.20. The van der Waals surface area contributed by atoms with Gasteiger partial charge in [-0.25, -0.2) is 10.2 Å². The molecule has 0 unspecified atom stereocenters. The second kappa shape index (κ2) is 6.42. The third kappa shape index (κ3) is 2.88. The number of hydrogen-bond acceptors (Lipinski definition) is 2. The Balaban J connectivity index is 1.89. The first kappa shape index (κ1) is 15.4. The molecule has 0 fully saturated rings. The molecule has 2 amide bonds. The highest BCUT2D eigenvalue weighted by atomic mass is 35.5. The molecule has 25 heavy (non-hydrogen) atoms. The predicted octanol–water partition coefficient (Wildman–Crippen LogP) is 4.95. The number of fused-ring (bicyclic) bond motifs is 1. The van der Waals surface area contributed by atoms with Gasteiger partial charge in [0.15, 0.2) is 0 Å². The zero-order chi connectivity index (χ0) is 17.2. The molecule has 1 N–H and O–H groups in total. The quantitative estimate of drug-likeness (QED) is 0.700. The van der Waals surface area contributed by atoms with Crippen LogP contribution in [0.15, 0.2) is 84.0 Å². The van der Waals surface area contributed by atoms with Gasteiger partial charge >= 0.3 is 6.03 Å². The Labute approximate surface area is 150 Å². The lowest BCUT2D eigenvalue weighted by molar-refractivity contribution is 0.249. The van der Waals surface area contributed by atoms with Crippen LogP contribution in [0.25, 0.3) is 0 Å². The van der Waals surface area contributed by atoms with Gasteiger partial charge < -0.3 is 0 Å². The van der Waals surface area contributed by atoms with Gasteiger partial charge in [0.05, 0.1) is 11.4 Å². The fraction of sp³-hybridized carbons (Fsp3) is 0. The van der Waals surface area contributed by atoms with Gasteiger partial charge in [-0.05, 0) is 30.3 Å². The van der Waals surface area contributed by atoms with Crippen molar-refractivity contribution in [2.45, 2.75) is 0 Å². The molecule has 0 aromatic heterocycles. The standard InChI is InChI=1S/C20H14ClN3O/c21-15-10-12-16(13-11-15)24-18-9-5-4-8-17(18)19(22-23-20(24)25)14-6-2-1-3-7-14/h1-13H,(H,23,25). The first-order valence-electron chi connectivity index (χ1n) is 7.82. The highest BCUT2D eigenvalue weighted by molar-refractivity contribution is 6.30. The number of rotatable bonds is 2. The van der Waals surface area contributed by atoms with Crippen LogP contribution in [0.3, 0.4) is 0 Å². The third-order valence-electron chi connectivity index (χ3n) is 4.00. The Morgan fingerprint density at radius 2 is 1.52 bits per heavy atom. The van der Waals surface area contributed by atoms with E-state index < -0.39 is 0 Å². The monoisotopic (exact) mass is 347 g/mol. The maximum atomic E-state index is 12.7. The number of urea groups is 1. The molecule has 0 saturated heterocycles. The van der Waals surface area contributed by atoms with Crippen LogP contribution in [-0.4, -0.2) is 11.7 Å². The number of nitrogens with one attached hydrogen (secondary N) is 1. The summed E-state index contributed by atoms with van der Waals surface area (Å²) < 4.78 is 0. The lowest BCUT2D eigenvalue weighted by atomic mass is 10.00. The normalized spacial score (nSPS) is 13.6. The van der Waals surface area contributed by atoms with Crippen molar-refractivity contribution in [3.63, 3.8) is 0 Å². The fourth-order valence-corrected chi connectivity index (χ4v) is 2.98. The minimum Gasteiger partial charge on any atom is -0.261 e. The van der Waals surface area contributed by atoms with Gasteiger partial charge in [-0.1, -0.05) is 60.1 Å². The van der Waals surface area contributed by atoms with Crippen molar-refractivity contribution < 1.29 is 4.79 Å². The van der Waals surface area contributed by atoms with Gasteiger partial charge in [-0.3, -0.25) is 4.90 Å². The molecule has 4 rings (SSSR count). The zero-order valence-corrected chi connectivity index (χ0v) is 13.9. The van der Waals surface area contributed by atoms with Crippen LogP contribution in [0.4, 0.5) is 16.2 Å². The topological polar surface area (TPSA) is 44.7 Å². The number of anilines is 2. The summed E-state index contributed by atoms with van der Waals surface area (Å²) in [6.45, 7) is 0. The maximum Gasteiger partial charge on any atom is 0.346 e. The summed E-state index contributed by atoms with van der Waals surface area (Å²) in [4.78, 5) is 14.3. The van der Waals surface area contributed by atoms with Crippen molar-refractivity contribution in [2.75, 3.05) is 4.90 Å². The van der Waals surface area contributed by atoms with Gasteiger partial charge in [-0.15, -0.1) is 0 Å². The maximum absolute atomic E-state index is 12.7. The average molecular weight is 348 g/mol. The van der Waals surface area contributed by atoms with Crippen molar-refractivity contribution in [2.24, 2.45) is 5.10 Å². The summed E-state index contributed by atoms with van der Waals surface area (Å²) in [5.74, 6) is 0. The molecule has 0 radical (unpaired) electrons. The summed E-state index contributed by atoms with van der Waals surface area (Å²) in [6.07, 6.45) is 0. The van der Waals surface area contributed by atoms with Crippen molar-refractivity contribution in [3.05, 3.63) is 95.0 Å². The number of hydrazone groups is 1. The lowest BCUT2D eigenvalue weighted by Gasteiger charge is -2.22. The van der Waals surface area contributed by atoms with Crippen molar-refractivity contribution in [1.82, 2.24) is 5.43 Å². The molecule has 1 aliphatic heterocycles. The average Bonchev–Trinajstić information content (AvgIpc) is 2.80. The first-order chi connectivity index (χ1) is 12.2. The van der Waals surface area contributed by atoms with E-state index in [1.807, 2.05) is 66.7 Å². The second-order valence-electron chi connectivity index (χ2n) is 5.57. The van der Waals surface area contributed by atoms with Crippen LogP contribution in [0, 0.1) is 0 Å². The number of benzene rings is 3. The fourth-order valence-electron chi connectivity index (χ4n) is 2.85. The minimum atomic E-state index is -0.319. The molecule has 0 atom stereocenters. The Morgan fingerprint density at radius 3 is 2.28 bits per heavy atom.